The van der Waals surface area contributed by atoms with Crippen molar-refractivity contribution >= 4 is 23.2 Å². The highest BCUT2D eigenvalue weighted by molar-refractivity contribution is 6.31. The highest BCUT2D eigenvalue weighted by Gasteiger charge is 2.15. The molecule has 21 heavy (non-hydrogen) atoms. The molecule has 2 aromatic rings. The summed E-state index contributed by atoms with van der Waals surface area (Å²) in [6.45, 7) is 0.755. The van der Waals surface area contributed by atoms with Crippen LogP contribution >= 0.6 is 23.2 Å². The number of nitrogens with zero attached hydrogens (tertiary/aromatic N) is 3. The molecule has 2 heterocycles. The van der Waals surface area contributed by atoms with Crippen molar-refractivity contribution in [1.82, 2.24) is 15.0 Å². The monoisotopic (exact) mass is 325 g/mol. The minimum absolute atomic E-state index is 0.0703. The van der Waals surface area contributed by atoms with Crippen LogP contribution in [0.4, 0.5) is 0 Å². The summed E-state index contributed by atoms with van der Waals surface area (Å²) in [5.74, 6) is 1.18. The smallest absolute Gasteiger partial charge is 0.227 e. The fourth-order valence-electron chi connectivity index (χ4n) is 2.09. The predicted molar refractivity (Wildman–Crippen MR) is 79.5 cm³/mol. The topological polar surface area (TPSA) is 57.1 Å². The maximum Gasteiger partial charge on any atom is 0.227 e. The summed E-state index contributed by atoms with van der Waals surface area (Å²) in [6.07, 6.45) is 2.98. The van der Waals surface area contributed by atoms with Gasteiger partial charge in [0, 0.05) is 12.0 Å². The van der Waals surface area contributed by atoms with Crippen LogP contribution in [0.1, 0.15) is 19.3 Å². The summed E-state index contributed by atoms with van der Waals surface area (Å²) >= 11 is 11.5. The third-order valence-electron chi connectivity index (χ3n) is 3.10. The largest absolute Gasteiger partial charge is 0.465 e. The van der Waals surface area contributed by atoms with Gasteiger partial charge in [0.05, 0.1) is 6.61 Å². The highest BCUT2D eigenvalue weighted by atomic mass is 35.5. The van der Waals surface area contributed by atoms with Gasteiger partial charge >= 0.3 is 0 Å². The first kappa shape index (κ1) is 14.5. The average Bonchev–Trinajstić information content (AvgIpc) is 2.48. The Morgan fingerprint density at radius 2 is 1.71 bits per heavy atom. The van der Waals surface area contributed by atoms with Gasteiger partial charge in [0.15, 0.2) is 12.1 Å². The third-order valence-corrected chi connectivity index (χ3v) is 3.44. The summed E-state index contributed by atoms with van der Waals surface area (Å²) in [5, 5.41) is 0.141. The number of rotatable bonds is 3. The average molecular weight is 326 g/mol. The molecule has 1 atom stereocenters. The van der Waals surface area contributed by atoms with Crippen LogP contribution in [-0.4, -0.2) is 27.8 Å². The van der Waals surface area contributed by atoms with Crippen LogP contribution in [0.3, 0.4) is 0 Å². The Labute approximate surface area is 132 Å². The SMILES string of the molecule is Clc1nc(Cl)nc(-c2ccc(OC3CCCCO3)cc2)n1. The first-order chi connectivity index (χ1) is 10.2. The van der Waals surface area contributed by atoms with Gasteiger partial charge in [0.2, 0.25) is 10.6 Å². The standard InChI is InChI=1S/C14H13Cl2N3O2/c15-13-17-12(18-14(16)19-13)9-4-6-10(7-5-9)21-11-3-1-2-8-20-11/h4-7,11H,1-3,8H2. The van der Waals surface area contributed by atoms with Crippen molar-refractivity contribution in [2.24, 2.45) is 0 Å². The van der Waals surface area contributed by atoms with Gasteiger partial charge in [-0.15, -0.1) is 0 Å². The van der Waals surface area contributed by atoms with Crippen molar-refractivity contribution < 1.29 is 9.47 Å². The van der Waals surface area contributed by atoms with Crippen LogP contribution in [0, 0.1) is 0 Å². The van der Waals surface area contributed by atoms with E-state index in [2.05, 4.69) is 15.0 Å². The Morgan fingerprint density at radius 1 is 1.00 bits per heavy atom. The quantitative estimate of drug-likeness (QED) is 0.860. The summed E-state index contributed by atoms with van der Waals surface area (Å²) in [7, 11) is 0. The zero-order valence-corrected chi connectivity index (χ0v) is 12.6. The van der Waals surface area contributed by atoms with Crippen LogP contribution < -0.4 is 4.74 Å². The van der Waals surface area contributed by atoms with Gasteiger partial charge in [0.25, 0.3) is 0 Å². The van der Waals surface area contributed by atoms with E-state index in [1.807, 2.05) is 24.3 Å². The van der Waals surface area contributed by atoms with Crippen molar-refractivity contribution in [2.75, 3.05) is 6.61 Å². The fraction of sp³-hybridized carbons (Fsp3) is 0.357. The van der Waals surface area contributed by atoms with Gasteiger partial charge in [-0.3, -0.25) is 0 Å². The lowest BCUT2D eigenvalue weighted by molar-refractivity contribution is -0.105. The van der Waals surface area contributed by atoms with Crippen LogP contribution in [0.25, 0.3) is 11.4 Å². The second kappa shape index (κ2) is 6.56. The molecular weight excluding hydrogens is 313 g/mol. The van der Waals surface area contributed by atoms with E-state index < -0.39 is 0 Å². The molecule has 0 spiro atoms. The molecule has 0 N–H and O–H groups in total. The van der Waals surface area contributed by atoms with E-state index in [-0.39, 0.29) is 16.9 Å². The fourth-order valence-corrected chi connectivity index (χ4v) is 2.46. The number of halogens is 2. The molecule has 0 aliphatic carbocycles. The van der Waals surface area contributed by atoms with E-state index in [0.717, 1.165) is 37.2 Å². The molecule has 0 saturated carbocycles. The maximum absolute atomic E-state index is 5.77. The molecule has 1 aromatic heterocycles. The summed E-state index contributed by atoms with van der Waals surface area (Å²) < 4.78 is 11.3. The second-order valence-electron chi connectivity index (χ2n) is 4.64. The Morgan fingerprint density at radius 3 is 2.33 bits per heavy atom. The van der Waals surface area contributed by atoms with E-state index in [1.165, 1.54) is 0 Å². The Bertz CT molecular complexity index is 596. The van der Waals surface area contributed by atoms with Crippen LogP contribution in [0.2, 0.25) is 10.6 Å². The highest BCUT2D eigenvalue weighted by Crippen LogP contribution is 2.23. The molecule has 3 rings (SSSR count). The van der Waals surface area contributed by atoms with Gasteiger partial charge < -0.3 is 9.47 Å². The number of hydrogen-bond acceptors (Lipinski definition) is 5. The first-order valence-corrected chi connectivity index (χ1v) is 7.42. The molecule has 1 aliphatic rings. The molecule has 0 radical (unpaired) electrons. The second-order valence-corrected chi connectivity index (χ2v) is 5.31. The van der Waals surface area contributed by atoms with Crippen LogP contribution in [0.15, 0.2) is 24.3 Å². The van der Waals surface area contributed by atoms with E-state index in [0.29, 0.717) is 5.82 Å². The summed E-state index contributed by atoms with van der Waals surface area (Å²) in [6, 6.07) is 7.39. The molecule has 1 fully saturated rings. The molecule has 1 aromatic carbocycles. The molecule has 1 saturated heterocycles. The summed E-state index contributed by atoms with van der Waals surface area (Å²) in [5.41, 5.74) is 0.790. The molecule has 1 aliphatic heterocycles. The predicted octanol–water partition coefficient (Wildman–Crippen LogP) is 3.75. The van der Waals surface area contributed by atoms with Crippen LogP contribution in [-0.2, 0) is 4.74 Å². The minimum Gasteiger partial charge on any atom is -0.465 e. The molecule has 5 nitrogen and oxygen atoms in total. The molecule has 0 amide bonds. The van der Waals surface area contributed by atoms with Gasteiger partial charge in [-0.05, 0) is 60.3 Å². The number of aromatic nitrogens is 3. The number of ether oxygens (including phenoxy) is 2. The van der Waals surface area contributed by atoms with Gasteiger partial charge in [-0.25, -0.2) is 0 Å². The number of benzene rings is 1. The zero-order valence-electron chi connectivity index (χ0n) is 11.1. The third kappa shape index (κ3) is 3.81. The molecule has 110 valence electrons. The Hall–Kier alpha value is -1.43. The van der Waals surface area contributed by atoms with Crippen molar-refractivity contribution in [2.45, 2.75) is 25.6 Å². The number of hydrogen-bond donors (Lipinski definition) is 0. The lowest BCUT2D eigenvalue weighted by Crippen LogP contribution is -2.24. The van der Waals surface area contributed by atoms with Crippen molar-refractivity contribution in [1.29, 1.82) is 0 Å². The van der Waals surface area contributed by atoms with E-state index in [1.54, 1.807) is 0 Å². The van der Waals surface area contributed by atoms with E-state index in [9.17, 15) is 0 Å². The van der Waals surface area contributed by atoms with Crippen molar-refractivity contribution in [3.05, 3.63) is 34.8 Å². The zero-order chi connectivity index (χ0) is 14.7. The molecular formula is C14H13Cl2N3O2. The first-order valence-electron chi connectivity index (χ1n) is 6.66. The lowest BCUT2D eigenvalue weighted by atomic mass is 10.2. The Balaban J connectivity index is 1.74. The van der Waals surface area contributed by atoms with Crippen LogP contribution in [0.5, 0.6) is 5.75 Å². The van der Waals surface area contributed by atoms with Crippen molar-refractivity contribution in [3.8, 4) is 17.1 Å². The maximum atomic E-state index is 5.77. The minimum atomic E-state index is -0.161. The van der Waals surface area contributed by atoms with Gasteiger partial charge in [0.1, 0.15) is 5.75 Å². The van der Waals surface area contributed by atoms with E-state index in [4.69, 9.17) is 32.7 Å². The normalized spacial score (nSPS) is 18.5. The summed E-state index contributed by atoms with van der Waals surface area (Å²) in [4.78, 5) is 11.8. The molecule has 0 bridgehead atoms. The van der Waals surface area contributed by atoms with Crippen molar-refractivity contribution in [3.63, 3.8) is 0 Å². The molecule has 1 unspecified atom stereocenters. The lowest BCUT2D eigenvalue weighted by Gasteiger charge is -2.23. The van der Waals surface area contributed by atoms with Gasteiger partial charge in [-0.1, -0.05) is 0 Å². The van der Waals surface area contributed by atoms with E-state index >= 15 is 0 Å². The Kier molecular flexibility index (Phi) is 4.53. The van der Waals surface area contributed by atoms with Gasteiger partial charge in [-0.2, -0.15) is 15.0 Å². The molecule has 7 heteroatoms.